The highest BCUT2D eigenvalue weighted by Gasteiger charge is 2.21. The number of carbonyl (C=O) groups excluding carboxylic acids is 1. The summed E-state index contributed by atoms with van der Waals surface area (Å²) in [5.74, 6) is 1.68. The van der Waals surface area contributed by atoms with E-state index in [1.807, 2.05) is 28.8 Å². The number of piperazine rings is 1. The van der Waals surface area contributed by atoms with Crippen LogP contribution in [0.5, 0.6) is 0 Å². The molecule has 1 aromatic carbocycles. The molecule has 3 rings (SSSR count). The fourth-order valence-electron chi connectivity index (χ4n) is 3.45. The second kappa shape index (κ2) is 12.8. The lowest BCUT2D eigenvalue weighted by Crippen LogP contribution is -2.53. The number of nitrogens with one attached hydrogen (secondary N) is 1. The molecular weight excluding hydrogens is 543 g/mol. The summed E-state index contributed by atoms with van der Waals surface area (Å²) in [6.45, 7) is 6.83. The van der Waals surface area contributed by atoms with Crippen LogP contribution in [0.4, 0.5) is 5.69 Å². The van der Waals surface area contributed by atoms with Gasteiger partial charge in [-0.25, -0.2) is 4.99 Å². The number of hydrogen-bond donors (Lipinski definition) is 1. The van der Waals surface area contributed by atoms with Gasteiger partial charge < -0.3 is 24.6 Å². The zero-order valence-electron chi connectivity index (χ0n) is 18.9. The molecule has 0 atom stereocenters. The first-order valence-corrected chi connectivity index (χ1v) is 11.0. The molecule has 1 aliphatic heterocycles. The Bertz CT molecular complexity index is 895. The van der Waals surface area contributed by atoms with Crippen LogP contribution >= 0.6 is 35.6 Å². The van der Waals surface area contributed by atoms with Crippen molar-refractivity contribution in [2.24, 2.45) is 4.99 Å². The number of aliphatic imine (C=N–C) groups is 1. The quantitative estimate of drug-likeness (QED) is 0.309. The minimum absolute atomic E-state index is 0. The average molecular weight is 575 g/mol. The molecule has 0 radical (unpaired) electrons. The van der Waals surface area contributed by atoms with Gasteiger partial charge in [-0.1, -0.05) is 30.7 Å². The Labute approximate surface area is 211 Å². The van der Waals surface area contributed by atoms with Gasteiger partial charge in [-0.15, -0.1) is 34.2 Å². The standard InChI is InChI=1S/C21H31ClN8O.HI/c1-4-19-26-25-16-30(19)10-9-23-21(24-15-20(31)27(2)3)29-13-11-28(12-14-29)18-8-6-5-7-17(18)22;/h5-8,16H,4,9-15H2,1-3H3,(H,23,24);1H. The van der Waals surface area contributed by atoms with E-state index in [9.17, 15) is 4.79 Å². The smallest absolute Gasteiger partial charge is 0.243 e. The molecule has 1 aromatic heterocycles. The van der Waals surface area contributed by atoms with Gasteiger partial charge in [-0.05, 0) is 12.1 Å². The second-order valence-electron chi connectivity index (χ2n) is 7.57. The van der Waals surface area contributed by atoms with Crippen molar-refractivity contribution in [1.82, 2.24) is 29.9 Å². The highest BCUT2D eigenvalue weighted by molar-refractivity contribution is 14.0. The van der Waals surface area contributed by atoms with Gasteiger partial charge in [0.2, 0.25) is 5.91 Å². The molecule has 2 aromatic rings. The van der Waals surface area contributed by atoms with E-state index in [0.717, 1.165) is 61.6 Å². The number of benzene rings is 1. The van der Waals surface area contributed by atoms with Crippen molar-refractivity contribution in [3.63, 3.8) is 0 Å². The first-order chi connectivity index (χ1) is 15.0. The van der Waals surface area contributed by atoms with Gasteiger partial charge in [0.25, 0.3) is 0 Å². The van der Waals surface area contributed by atoms with E-state index in [1.165, 1.54) is 0 Å². The predicted octanol–water partition coefficient (Wildman–Crippen LogP) is 1.97. The van der Waals surface area contributed by atoms with E-state index in [-0.39, 0.29) is 36.4 Å². The van der Waals surface area contributed by atoms with Crippen LogP contribution < -0.4 is 10.2 Å². The van der Waals surface area contributed by atoms with Crippen LogP contribution in [0.25, 0.3) is 0 Å². The second-order valence-corrected chi connectivity index (χ2v) is 7.98. The van der Waals surface area contributed by atoms with Crippen molar-refractivity contribution in [2.75, 3.05) is 58.3 Å². The fraction of sp³-hybridized carbons (Fsp3) is 0.524. The Morgan fingerprint density at radius 2 is 1.94 bits per heavy atom. The number of hydrogen-bond acceptors (Lipinski definition) is 5. The van der Waals surface area contributed by atoms with Crippen molar-refractivity contribution in [3.8, 4) is 0 Å². The SMILES string of the molecule is CCc1nncn1CCNC(=NCC(=O)N(C)C)N1CCN(c2ccccc2Cl)CC1.I. The molecule has 0 unspecified atom stereocenters. The predicted molar refractivity (Wildman–Crippen MR) is 139 cm³/mol. The molecule has 32 heavy (non-hydrogen) atoms. The summed E-state index contributed by atoms with van der Waals surface area (Å²) >= 11 is 6.37. The van der Waals surface area contributed by atoms with Gasteiger partial charge >= 0.3 is 0 Å². The minimum Gasteiger partial charge on any atom is -0.367 e. The van der Waals surface area contributed by atoms with Crippen molar-refractivity contribution < 1.29 is 4.79 Å². The van der Waals surface area contributed by atoms with Crippen molar-refractivity contribution in [1.29, 1.82) is 0 Å². The lowest BCUT2D eigenvalue weighted by atomic mass is 10.2. The number of aromatic nitrogens is 3. The maximum Gasteiger partial charge on any atom is 0.243 e. The van der Waals surface area contributed by atoms with Gasteiger partial charge in [-0.2, -0.15) is 0 Å². The molecule has 0 bridgehead atoms. The molecule has 2 heterocycles. The summed E-state index contributed by atoms with van der Waals surface area (Å²) in [4.78, 5) is 22.7. The molecule has 1 saturated heterocycles. The van der Waals surface area contributed by atoms with Gasteiger partial charge in [-0.3, -0.25) is 4.79 Å². The fourth-order valence-corrected chi connectivity index (χ4v) is 3.70. The summed E-state index contributed by atoms with van der Waals surface area (Å²) in [6.07, 6.45) is 2.58. The Hall–Kier alpha value is -2.08. The lowest BCUT2D eigenvalue weighted by molar-refractivity contribution is -0.127. The van der Waals surface area contributed by atoms with E-state index in [4.69, 9.17) is 11.6 Å². The van der Waals surface area contributed by atoms with Crippen LogP contribution in [-0.2, 0) is 17.8 Å². The molecule has 1 aliphatic rings. The highest BCUT2D eigenvalue weighted by Crippen LogP contribution is 2.26. The number of halogens is 2. The van der Waals surface area contributed by atoms with Gasteiger partial charge in [0, 0.05) is 59.8 Å². The topological polar surface area (TPSA) is 81.9 Å². The van der Waals surface area contributed by atoms with Crippen LogP contribution in [0.2, 0.25) is 5.02 Å². The van der Waals surface area contributed by atoms with Crippen molar-refractivity contribution >= 4 is 53.1 Å². The maximum atomic E-state index is 12.1. The number of likely N-dealkylation sites (N-methyl/N-ethyl adjacent to an activating group) is 1. The number of guanidine groups is 1. The normalized spacial score (nSPS) is 14.2. The number of aryl methyl sites for hydroxylation is 1. The van der Waals surface area contributed by atoms with E-state index in [0.29, 0.717) is 6.54 Å². The summed E-state index contributed by atoms with van der Waals surface area (Å²) in [5, 5.41) is 12.3. The molecule has 11 heteroatoms. The van der Waals surface area contributed by atoms with Crippen LogP contribution in [0.15, 0.2) is 35.6 Å². The third-order valence-electron chi connectivity index (χ3n) is 5.28. The number of anilines is 1. The van der Waals surface area contributed by atoms with E-state index in [2.05, 4.69) is 37.2 Å². The Morgan fingerprint density at radius 1 is 1.22 bits per heavy atom. The van der Waals surface area contributed by atoms with Crippen molar-refractivity contribution in [3.05, 3.63) is 41.4 Å². The number of rotatable bonds is 7. The summed E-state index contributed by atoms with van der Waals surface area (Å²) in [5.41, 5.74) is 1.05. The minimum atomic E-state index is -0.0268. The van der Waals surface area contributed by atoms with Gasteiger partial charge in [0.15, 0.2) is 5.96 Å². The number of carbonyl (C=O) groups is 1. The first-order valence-electron chi connectivity index (χ1n) is 10.6. The van der Waals surface area contributed by atoms with Gasteiger partial charge in [0.05, 0.1) is 10.7 Å². The first kappa shape index (κ1) is 26.2. The van der Waals surface area contributed by atoms with Crippen LogP contribution in [0, 0.1) is 0 Å². The zero-order chi connectivity index (χ0) is 22.2. The molecular formula is C21H32ClIN8O. The molecule has 176 valence electrons. The number of nitrogens with zero attached hydrogens (tertiary/aromatic N) is 7. The van der Waals surface area contributed by atoms with E-state index in [1.54, 1.807) is 25.3 Å². The van der Waals surface area contributed by atoms with Crippen LogP contribution in [-0.4, -0.2) is 89.8 Å². The van der Waals surface area contributed by atoms with Crippen LogP contribution in [0.1, 0.15) is 12.7 Å². The third-order valence-corrected chi connectivity index (χ3v) is 5.60. The van der Waals surface area contributed by atoms with Crippen LogP contribution in [0.3, 0.4) is 0 Å². The molecule has 0 spiro atoms. The molecule has 1 amide bonds. The summed E-state index contributed by atoms with van der Waals surface area (Å²) in [7, 11) is 3.48. The van der Waals surface area contributed by atoms with Gasteiger partial charge in [0.1, 0.15) is 18.7 Å². The third kappa shape index (κ3) is 6.96. The Morgan fingerprint density at radius 3 is 2.59 bits per heavy atom. The van der Waals surface area contributed by atoms with E-state index < -0.39 is 0 Å². The maximum absolute atomic E-state index is 12.1. The Balaban J connectivity index is 0.00000363. The number of amides is 1. The summed E-state index contributed by atoms with van der Waals surface area (Å²) in [6, 6.07) is 7.91. The molecule has 1 N–H and O–H groups in total. The van der Waals surface area contributed by atoms with Crippen molar-refractivity contribution in [2.45, 2.75) is 19.9 Å². The molecule has 0 saturated carbocycles. The average Bonchev–Trinajstić information content (AvgIpc) is 3.24. The molecule has 0 aliphatic carbocycles. The molecule has 9 nitrogen and oxygen atoms in total. The largest absolute Gasteiger partial charge is 0.367 e. The molecule has 1 fully saturated rings. The highest BCUT2D eigenvalue weighted by atomic mass is 127. The lowest BCUT2D eigenvalue weighted by Gasteiger charge is -2.38. The van der Waals surface area contributed by atoms with E-state index >= 15 is 0 Å². The monoisotopic (exact) mass is 574 g/mol. The Kier molecular flexibility index (Phi) is 10.5. The summed E-state index contributed by atoms with van der Waals surface area (Å²) < 4.78 is 2.03. The number of para-hydroxylation sites is 1. The zero-order valence-corrected chi connectivity index (χ0v) is 22.0.